The normalized spacial score (nSPS) is 12.2. The number of anilines is 3. The Morgan fingerprint density at radius 1 is 0.250 bits per heavy atom. The first-order chi connectivity index (χ1) is 47.6. The third-order valence-corrected chi connectivity index (χ3v) is 20.1. The molecule has 0 fully saturated rings. The number of allylic oxidation sites excluding steroid dienone is 3. The fourth-order valence-corrected chi connectivity index (χ4v) is 16.3. The summed E-state index contributed by atoms with van der Waals surface area (Å²) >= 11 is 0. The van der Waals surface area contributed by atoms with Crippen LogP contribution in [-0.4, -0.2) is 27.4 Å². The Morgan fingerprint density at radius 3 is 0.823 bits per heavy atom. The minimum atomic E-state index is 0.906. The lowest BCUT2D eigenvalue weighted by Gasteiger charge is -2.27. The van der Waals surface area contributed by atoms with Gasteiger partial charge in [-0.25, -0.2) is 0 Å². The SMILES string of the molecule is C=C(C=CC)n1c2ccccc2c2ccc3c4ccccc4n(-c4cccc(N(c5cccc(-n6c7ccccc7c7ccc8c9ccccc9n(-c9ccccc9)c8c76)c5)c5cccc(-n6c7ccccc7c7ccc8c9ccccc9n(-c9ccccc9)c8c76)c5)c4)c3c21. The first kappa shape index (κ1) is 53.8. The molecule has 0 saturated heterocycles. The van der Waals surface area contributed by atoms with E-state index in [0.717, 1.165) is 95.3 Å². The molecule has 450 valence electrons. The smallest absolute Gasteiger partial charge is 0.0788 e. The summed E-state index contributed by atoms with van der Waals surface area (Å²) in [6, 6.07) is 116. The van der Waals surface area contributed by atoms with Crippen LogP contribution in [-0.2, 0) is 0 Å². The second kappa shape index (κ2) is 20.8. The highest BCUT2D eigenvalue weighted by atomic mass is 15.2. The van der Waals surface area contributed by atoms with Crippen LogP contribution in [0.5, 0.6) is 0 Å². The van der Waals surface area contributed by atoms with E-state index in [0.29, 0.717) is 0 Å². The first-order valence-electron chi connectivity index (χ1n) is 33.0. The fourth-order valence-electron chi connectivity index (χ4n) is 16.3. The number of nitrogens with zero attached hydrogens (tertiary/aromatic N) is 7. The highest BCUT2D eigenvalue weighted by Crippen LogP contribution is 2.48. The predicted molar refractivity (Wildman–Crippen MR) is 406 cm³/mol. The van der Waals surface area contributed by atoms with Gasteiger partial charge in [-0.15, -0.1) is 0 Å². The Kier molecular flexibility index (Phi) is 11.7. The van der Waals surface area contributed by atoms with Crippen LogP contribution in [0.25, 0.3) is 165 Å². The van der Waals surface area contributed by atoms with Gasteiger partial charge in [0.1, 0.15) is 0 Å². The van der Waals surface area contributed by atoms with E-state index >= 15 is 0 Å². The molecule has 0 spiro atoms. The van der Waals surface area contributed by atoms with Crippen LogP contribution in [0.15, 0.2) is 334 Å². The van der Waals surface area contributed by atoms with Gasteiger partial charge in [0.25, 0.3) is 0 Å². The average Bonchev–Trinajstić information content (AvgIpc) is 1.55. The quantitative estimate of drug-likeness (QED) is 0.126. The lowest BCUT2D eigenvalue weighted by atomic mass is 10.1. The third-order valence-electron chi connectivity index (χ3n) is 20.1. The zero-order valence-corrected chi connectivity index (χ0v) is 52.5. The average molecular weight is 1230 g/mol. The van der Waals surface area contributed by atoms with Crippen molar-refractivity contribution >= 4 is 154 Å². The van der Waals surface area contributed by atoms with Gasteiger partial charge in [0.15, 0.2) is 0 Å². The van der Waals surface area contributed by atoms with Crippen LogP contribution in [0, 0.1) is 0 Å². The van der Waals surface area contributed by atoms with E-state index in [-0.39, 0.29) is 0 Å². The summed E-state index contributed by atoms with van der Waals surface area (Å²) in [5.41, 5.74) is 23.0. The second-order valence-electron chi connectivity index (χ2n) is 25.2. The summed E-state index contributed by atoms with van der Waals surface area (Å²) in [5, 5.41) is 14.4. The molecule has 0 saturated carbocycles. The van der Waals surface area contributed by atoms with Gasteiger partial charge in [-0.2, -0.15) is 0 Å². The van der Waals surface area contributed by atoms with Crippen molar-refractivity contribution in [3.8, 4) is 28.4 Å². The van der Waals surface area contributed by atoms with E-state index in [9.17, 15) is 0 Å². The highest BCUT2D eigenvalue weighted by molar-refractivity contribution is 6.27. The van der Waals surface area contributed by atoms with E-state index in [1.165, 1.54) is 86.7 Å². The van der Waals surface area contributed by atoms with E-state index in [1.54, 1.807) is 0 Å². The van der Waals surface area contributed by atoms with Gasteiger partial charge < -0.3 is 32.3 Å². The summed E-state index contributed by atoms with van der Waals surface area (Å²) in [4.78, 5) is 2.47. The van der Waals surface area contributed by atoms with Gasteiger partial charge in [-0.05, 0) is 128 Å². The van der Waals surface area contributed by atoms with Crippen LogP contribution >= 0.6 is 0 Å². The molecular weight excluding hydrogens is 1170 g/mol. The lowest BCUT2D eigenvalue weighted by molar-refractivity contribution is 1.13. The maximum Gasteiger partial charge on any atom is 0.0788 e. The summed E-state index contributed by atoms with van der Waals surface area (Å²) < 4.78 is 14.8. The van der Waals surface area contributed by atoms with Crippen LogP contribution in [0.3, 0.4) is 0 Å². The summed E-state index contributed by atoms with van der Waals surface area (Å²) in [6.45, 7) is 6.78. The van der Waals surface area contributed by atoms with Crippen LogP contribution in [0.4, 0.5) is 17.1 Å². The van der Waals surface area contributed by atoms with Crippen LogP contribution < -0.4 is 4.90 Å². The number of hydrogen-bond acceptors (Lipinski definition) is 1. The molecular formula is C89H59N7. The fraction of sp³-hybridized carbons (Fsp3) is 0.0112. The number of aromatic nitrogens is 6. The van der Waals surface area contributed by atoms with Crippen LogP contribution in [0.1, 0.15) is 6.92 Å². The van der Waals surface area contributed by atoms with Gasteiger partial charge >= 0.3 is 0 Å². The summed E-state index contributed by atoms with van der Waals surface area (Å²) in [7, 11) is 0. The van der Waals surface area contributed by atoms with Crippen molar-refractivity contribution in [2.75, 3.05) is 4.90 Å². The number of rotatable bonds is 10. The molecule has 96 heavy (non-hydrogen) atoms. The zero-order chi connectivity index (χ0) is 63.3. The van der Waals surface area contributed by atoms with Crippen molar-refractivity contribution in [1.29, 1.82) is 0 Å². The molecule has 0 unspecified atom stereocenters. The molecule has 6 heterocycles. The Morgan fingerprint density at radius 2 is 0.500 bits per heavy atom. The van der Waals surface area contributed by atoms with Gasteiger partial charge in [-0.3, -0.25) is 0 Å². The van der Waals surface area contributed by atoms with Crippen molar-refractivity contribution in [1.82, 2.24) is 27.4 Å². The van der Waals surface area contributed by atoms with Crippen LogP contribution in [0.2, 0.25) is 0 Å². The second-order valence-corrected chi connectivity index (χ2v) is 25.2. The molecule has 0 bridgehead atoms. The molecule has 7 nitrogen and oxygen atoms in total. The van der Waals surface area contributed by atoms with E-state index in [1.807, 2.05) is 0 Å². The zero-order valence-electron chi connectivity index (χ0n) is 52.5. The molecule has 0 aliphatic heterocycles. The summed E-state index contributed by atoms with van der Waals surface area (Å²) in [6.07, 6.45) is 4.20. The number of para-hydroxylation sites is 8. The highest BCUT2D eigenvalue weighted by Gasteiger charge is 2.27. The first-order valence-corrected chi connectivity index (χ1v) is 33.0. The molecule has 0 aliphatic carbocycles. The molecule has 0 amide bonds. The molecule has 20 rings (SSSR count). The Balaban J connectivity index is 0.871. The van der Waals surface area contributed by atoms with Crippen molar-refractivity contribution in [2.45, 2.75) is 6.92 Å². The van der Waals surface area contributed by atoms with Crippen molar-refractivity contribution in [2.24, 2.45) is 0 Å². The van der Waals surface area contributed by atoms with Gasteiger partial charge in [0, 0.05) is 116 Å². The Labute approximate surface area is 552 Å². The van der Waals surface area contributed by atoms with E-state index < -0.39 is 0 Å². The number of benzene rings is 14. The Hall–Kier alpha value is -12.8. The topological polar surface area (TPSA) is 32.8 Å². The monoisotopic (exact) mass is 1230 g/mol. The Bertz CT molecular complexity index is 6400. The number of hydrogen-bond donors (Lipinski definition) is 0. The van der Waals surface area contributed by atoms with E-state index in [2.05, 4.69) is 367 Å². The molecule has 7 heteroatoms. The standard InChI is InChI=1S/C89H59N7/c1-3-25-57(2)90-78-42-16-10-36-66(78)72-48-49-73-69-39-13-19-45-81(69)94(85(73)84(72)90)63-33-22-30-60(54-63)91(61-31-23-34-64(55-61)95-82-46-20-14-40-70(82)76-52-50-74-67-37-11-17-43-79(67)92(86(74)88(76)95)58-26-6-4-7-27-58)62-32-24-35-65(56-62)96-83-47-21-15-41-71(83)77-53-51-75-68-38-12-18-44-80(68)93(87(75)89(77)96)59-28-8-5-9-29-59/h3-56H,2H2,1H3. The van der Waals surface area contributed by atoms with Crippen molar-refractivity contribution < 1.29 is 0 Å². The summed E-state index contributed by atoms with van der Waals surface area (Å²) in [5.74, 6) is 0. The van der Waals surface area contributed by atoms with E-state index in [4.69, 9.17) is 6.58 Å². The largest absolute Gasteiger partial charge is 0.310 e. The maximum atomic E-state index is 4.71. The molecule has 6 aromatic heterocycles. The van der Waals surface area contributed by atoms with Gasteiger partial charge in [0.05, 0.1) is 66.2 Å². The molecule has 20 aromatic rings. The molecule has 0 radical (unpaired) electrons. The lowest BCUT2D eigenvalue weighted by Crippen LogP contribution is -2.12. The maximum absolute atomic E-state index is 4.71. The predicted octanol–water partition coefficient (Wildman–Crippen LogP) is 23.8. The van der Waals surface area contributed by atoms with Gasteiger partial charge in [-0.1, -0.05) is 213 Å². The molecule has 0 aliphatic rings. The molecule has 0 N–H and O–H groups in total. The minimum Gasteiger partial charge on any atom is -0.310 e. The third kappa shape index (κ3) is 7.65. The molecule has 14 aromatic carbocycles. The minimum absolute atomic E-state index is 0.906. The van der Waals surface area contributed by atoms with Gasteiger partial charge in [0.2, 0.25) is 0 Å². The van der Waals surface area contributed by atoms with Crippen molar-refractivity contribution in [3.63, 3.8) is 0 Å². The molecule has 0 atom stereocenters. The van der Waals surface area contributed by atoms with Crippen molar-refractivity contribution in [3.05, 3.63) is 334 Å². The number of fused-ring (bicyclic) bond motifs is 21.